The van der Waals surface area contributed by atoms with E-state index in [1.165, 1.54) is 4.90 Å². The molecule has 0 saturated carbocycles. The molecule has 1 aliphatic rings. The van der Waals surface area contributed by atoms with Gasteiger partial charge in [-0.3, -0.25) is 19.3 Å². The standard InChI is InChI=1S/C11H18N2O3/c1-11(2,3)12-8(14)6-7-13-9(15)4-5-10(13)16/h4-7H2,1-3H3,(H,12,14). The van der Waals surface area contributed by atoms with Crippen LogP contribution in [0.3, 0.4) is 0 Å². The maximum absolute atomic E-state index is 11.5. The quantitative estimate of drug-likeness (QED) is 0.710. The van der Waals surface area contributed by atoms with Crippen LogP contribution in [0.5, 0.6) is 0 Å². The molecule has 1 fully saturated rings. The first-order valence-electron chi connectivity index (χ1n) is 5.44. The van der Waals surface area contributed by atoms with Crippen LogP contribution in [0.25, 0.3) is 0 Å². The lowest BCUT2D eigenvalue weighted by molar-refractivity contribution is -0.138. The molecule has 16 heavy (non-hydrogen) atoms. The van der Waals surface area contributed by atoms with Crippen molar-refractivity contribution in [2.24, 2.45) is 0 Å². The Morgan fingerprint density at radius 3 is 2.19 bits per heavy atom. The highest BCUT2D eigenvalue weighted by Crippen LogP contribution is 2.11. The first-order valence-corrected chi connectivity index (χ1v) is 5.44. The van der Waals surface area contributed by atoms with Crippen molar-refractivity contribution in [1.82, 2.24) is 10.2 Å². The van der Waals surface area contributed by atoms with E-state index in [1.807, 2.05) is 20.8 Å². The maximum atomic E-state index is 11.5. The van der Waals surface area contributed by atoms with Crippen LogP contribution in [0.2, 0.25) is 0 Å². The van der Waals surface area contributed by atoms with E-state index in [2.05, 4.69) is 5.32 Å². The average molecular weight is 226 g/mol. The summed E-state index contributed by atoms with van der Waals surface area (Å²) in [5.74, 6) is -0.484. The van der Waals surface area contributed by atoms with Gasteiger partial charge in [-0.2, -0.15) is 0 Å². The number of nitrogens with one attached hydrogen (secondary N) is 1. The lowest BCUT2D eigenvalue weighted by Gasteiger charge is -2.21. The van der Waals surface area contributed by atoms with Gasteiger partial charge in [0.05, 0.1) is 0 Å². The average Bonchev–Trinajstić information content (AvgIpc) is 2.41. The lowest BCUT2D eigenvalue weighted by Crippen LogP contribution is -2.42. The molecule has 5 nitrogen and oxygen atoms in total. The first kappa shape index (κ1) is 12.7. The fourth-order valence-corrected chi connectivity index (χ4v) is 1.57. The second-order valence-electron chi connectivity index (χ2n) is 4.99. The minimum absolute atomic E-state index is 0.139. The SMILES string of the molecule is CC(C)(C)NC(=O)CCN1C(=O)CCC1=O. The van der Waals surface area contributed by atoms with Gasteiger partial charge in [-0.15, -0.1) is 0 Å². The summed E-state index contributed by atoms with van der Waals surface area (Å²) in [6.07, 6.45) is 0.730. The van der Waals surface area contributed by atoms with Crippen LogP contribution in [0, 0.1) is 0 Å². The van der Waals surface area contributed by atoms with Crippen LogP contribution >= 0.6 is 0 Å². The Hall–Kier alpha value is -1.39. The van der Waals surface area contributed by atoms with E-state index in [9.17, 15) is 14.4 Å². The molecule has 0 radical (unpaired) electrons. The van der Waals surface area contributed by atoms with Crippen molar-refractivity contribution in [3.05, 3.63) is 0 Å². The van der Waals surface area contributed by atoms with Crippen LogP contribution in [-0.2, 0) is 14.4 Å². The van der Waals surface area contributed by atoms with Gasteiger partial charge in [0, 0.05) is 31.3 Å². The predicted molar refractivity (Wildman–Crippen MR) is 58.5 cm³/mol. The number of likely N-dealkylation sites (tertiary alicyclic amines) is 1. The predicted octanol–water partition coefficient (Wildman–Crippen LogP) is 0.440. The van der Waals surface area contributed by atoms with Gasteiger partial charge >= 0.3 is 0 Å². The van der Waals surface area contributed by atoms with E-state index in [-0.39, 0.29) is 49.1 Å². The van der Waals surface area contributed by atoms with Crippen molar-refractivity contribution in [2.75, 3.05) is 6.54 Å². The van der Waals surface area contributed by atoms with E-state index in [1.54, 1.807) is 0 Å². The summed E-state index contributed by atoms with van der Waals surface area (Å²) in [7, 11) is 0. The molecular formula is C11H18N2O3. The molecule has 1 N–H and O–H groups in total. The molecule has 1 aliphatic heterocycles. The topological polar surface area (TPSA) is 66.5 Å². The zero-order chi connectivity index (χ0) is 12.3. The minimum Gasteiger partial charge on any atom is -0.351 e. The Bertz CT molecular complexity index is 302. The van der Waals surface area contributed by atoms with Gasteiger partial charge in [0.2, 0.25) is 17.7 Å². The number of amides is 3. The Balaban J connectivity index is 2.37. The zero-order valence-corrected chi connectivity index (χ0v) is 10.0. The van der Waals surface area contributed by atoms with Crippen molar-refractivity contribution in [3.8, 4) is 0 Å². The smallest absolute Gasteiger partial charge is 0.229 e. The van der Waals surface area contributed by atoms with Crippen LogP contribution in [-0.4, -0.2) is 34.7 Å². The van der Waals surface area contributed by atoms with Crippen LogP contribution < -0.4 is 5.32 Å². The summed E-state index contributed by atoms with van der Waals surface area (Å²) < 4.78 is 0. The third-order valence-corrected chi connectivity index (χ3v) is 2.23. The molecule has 0 aromatic heterocycles. The van der Waals surface area contributed by atoms with Gasteiger partial charge in [0.25, 0.3) is 0 Å². The normalized spacial score (nSPS) is 16.8. The number of nitrogens with zero attached hydrogens (tertiary/aromatic N) is 1. The summed E-state index contributed by atoms with van der Waals surface area (Å²) in [6, 6.07) is 0. The van der Waals surface area contributed by atoms with Gasteiger partial charge < -0.3 is 5.32 Å². The summed E-state index contributed by atoms with van der Waals surface area (Å²) in [5.41, 5.74) is -0.282. The molecule has 1 rings (SSSR count). The highest BCUT2D eigenvalue weighted by molar-refractivity contribution is 6.02. The molecule has 0 unspecified atom stereocenters. The molecule has 1 saturated heterocycles. The number of carbonyl (C=O) groups is 3. The first-order chi connectivity index (χ1) is 7.29. The van der Waals surface area contributed by atoms with Gasteiger partial charge in [0.15, 0.2) is 0 Å². The number of hydrogen-bond acceptors (Lipinski definition) is 3. The summed E-state index contributed by atoms with van der Waals surface area (Å²) in [6.45, 7) is 5.85. The van der Waals surface area contributed by atoms with E-state index in [4.69, 9.17) is 0 Å². The molecule has 1 heterocycles. The molecule has 0 aromatic carbocycles. The van der Waals surface area contributed by atoms with E-state index < -0.39 is 0 Å². The molecule has 90 valence electrons. The Kier molecular flexibility index (Phi) is 3.67. The summed E-state index contributed by atoms with van der Waals surface area (Å²) in [4.78, 5) is 35.1. The summed E-state index contributed by atoms with van der Waals surface area (Å²) in [5, 5.41) is 2.78. The van der Waals surface area contributed by atoms with Crippen molar-refractivity contribution in [2.45, 2.75) is 45.6 Å². The third kappa shape index (κ3) is 3.64. The molecule has 0 aliphatic carbocycles. The lowest BCUT2D eigenvalue weighted by atomic mass is 10.1. The summed E-state index contributed by atoms with van der Waals surface area (Å²) >= 11 is 0. The van der Waals surface area contributed by atoms with Crippen LogP contribution in [0.4, 0.5) is 0 Å². The van der Waals surface area contributed by atoms with E-state index >= 15 is 0 Å². The van der Waals surface area contributed by atoms with Crippen molar-refractivity contribution >= 4 is 17.7 Å². The number of hydrogen-bond donors (Lipinski definition) is 1. The molecule has 0 atom stereocenters. The van der Waals surface area contributed by atoms with Crippen LogP contribution in [0.1, 0.15) is 40.0 Å². The van der Waals surface area contributed by atoms with E-state index in [0.29, 0.717) is 0 Å². The van der Waals surface area contributed by atoms with Crippen molar-refractivity contribution in [1.29, 1.82) is 0 Å². The molecule has 5 heteroatoms. The second-order valence-corrected chi connectivity index (χ2v) is 4.99. The van der Waals surface area contributed by atoms with Gasteiger partial charge in [0.1, 0.15) is 0 Å². The largest absolute Gasteiger partial charge is 0.351 e. The van der Waals surface area contributed by atoms with Crippen molar-refractivity contribution in [3.63, 3.8) is 0 Å². The number of rotatable bonds is 3. The zero-order valence-electron chi connectivity index (χ0n) is 10.0. The fraction of sp³-hybridized carbons (Fsp3) is 0.727. The molecule has 0 aromatic rings. The highest BCUT2D eigenvalue weighted by Gasteiger charge is 2.29. The molecular weight excluding hydrogens is 208 g/mol. The number of carbonyl (C=O) groups excluding carboxylic acids is 3. The van der Waals surface area contributed by atoms with Gasteiger partial charge in [-0.1, -0.05) is 0 Å². The Morgan fingerprint density at radius 1 is 1.25 bits per heavy atom. The van der Waals surface area contributed by atoms with Gasteiger partial charge in [-0.05, 0) is 20.8 Å². The molecule has 0 spiro atoms. The second kappa shape index (κ2) is 4.63. The number of imide groups is 1. The Labute approximate surface area is 95.2 Å². The highest BCUT2D eigenvalue weighted by atomic mass is 16.2. The maximum Gasteiger partial charge on any atom is 0.229 e. The minimum atomic E-state index is -0.282. The monoisotopic (exact) mass is 226 g/mol. The molecule has 0 bridgehead atoms. The fourth-order valence-electron chi connectivity index (χ4n) is 1.57. The third-order valence-electron chi connectivity index (χ3n) is 2.23. The van der Waals surface area contributed by atoms with E-state index in [0.717, 1.165) is 0 Å². The van der Waals surface area contributed by atoms with Crippen LogP contribution in [0.15, 0.2) is 0 Å². The van der Waals surface area contributed by atoms with Gasteiger partial charge in [-0.25, -0.2) is 0 Å². The Morgan fingerprint density at radius 2 is 1.75 bits per heavy atom. The van der Waals surface area contributed by atoms with Crippen molar-refractivity contribution < 1.29 is 14.4 Å². The molecule has 3 amide bonds.